The molecule has 0 bridgehead atoms. The number of hydrogen-bond acceptors (Lipinski definition) is 5. The van der Waals surface area contributed by atoms with Crippen LogP contribution in [-0.4, -0.2) is 62.2 Å². The molecule has 1 aliphatic heterocycles. The van der Waals surface area contributed by atoms with Crippen LogP contribution >= 0.6 is 0 Å². The standard InChI is InChI=1S/C29H40N4O4S/c1-3-19-33(29(34)30-24-7-5-4-6-8-24)26-17-20-32(21-18-26)22-23-9-13-27(14-10-23)37-28-15-11-25(12-16-28)31-38(2,35)36/h3,9-16,24,26,31H,1,4-8,17-22H2,2H3,(H,30,34). The van der Waals surface area contributed by atoms with E-state index in [2.05, 4.69) is 33.7 Å². The first-order valence-corrected chi connectivity index (χ1v) is 15.4. The number of ether oxygens (including phenoxy) is 1. The first kappa shape index (κ1) is 28.0. The van der Waals surface area contributed by atoms with Gasteiger partial charge in [-0.1, -0.05) is 37.5 Å². The van der Waals surface area contributed by atoms with Crippen molar-refractivity contribution in [1.82, 2.24) is 15.1 Å². The summed E-state index contributed by atoms with van der Waals surface area (Å²) in [5, 5.41) is 3.27. The summed E-state index contributed by atoms with van der Waals surface area (Å²) >= 11 is 0. The maximum absolute atomic E-state index is 13.0. The van der Waals surface area contributed by atoms with Gasteiger partial charge in [-0.15, -0.1) is 6.58 Å². The third-order valence-corrected chi connectivity index (χ3v) is 7.85. The number of likely N-dealkylation sites (tertiary alicyclic amines) is 1. The van der Waals surface area contributed by atoms with Crippen LogP contribution in [0, 0.1) is 0 Å². The van der Waals surface area contributed by atoms with Gasteiger partial charge in [-0.2, -0.15) is 0 Å². The van der Waals surface area contributed by atoms with Gasteiger partial charge in [0, 0.05) is 44.0 Å². The Hall–Kier alpha value is -3.04. The Labute approximate surface area is 227 Å². The van der Waals surface area contributed by atoms with Gasteiger partial charge in [0.15, 0.2) is 0 Å². The van der Waals surface area contributed by atoms with E-state index in [1.54, 1.807) is 24.3 Å². The highest BCUT2D eigenvalue weighted by molar-refractivity contribution is 7.92. The van der Waals surface area contributed by atoms with E-state index < -0.39 is 10.0 Å². The number of urea groups is 1. The number of amides is 2. The molecule has 2 fully saturated rings. The molecule has 0 spiro atoms. The number of sulfonamides is 1. The van der Waals surface area contributed by atoms with E-state index in [9.17, 15) is 13.2 Å². The van der Waals surface area contributed by atoms with Crippen molar-refractivity contribution in [2.24, 2.45) is 0 Å². The minimum absolute atomic E-state index is 0.0622. The second kappa shape index (κ2) is 13.2. The second-order valence-electron chi connectivity index (χ2n) is 10.4. The molecule has 2 aliphatic rings. The zero-order valence-electron chi connectivity index (χ0n) is 22.3. The van der Waals surface area contributed by atoms with Gasteiger partial charge in [0.05, 0.1) is 6.26 Å². The summed E-state index contributed by atoms with van der Waals surface area (Å²) in [6.45, 7) is 7.21. The summed E-state index contributed by atoms with van der Waals surface area (Å²) in [5.41, 5.74) is 1.71. The fourth-order valence-electron chi connectivity index (χ4n) is 5.29. The molecule has 206 valence electrons. The molecule has 1 saturated carbocycles. The normalized spacial score (nSPS) is 17.5. The quantitative estimate of drug-likeness (QED) is 0.397. The number of anilines is 1. The molecule has 9 heteroatoms. The van der Waals surface area contributed by atoms with Gasteiger partial charge in [-0.3, -0.25) is 9.62 Å². The lowest BCUT2D eigenvalue weighted by atomic mass is 9.95. The van der Waals surface area contributed by atoms with Crippen LogP contribution in [0.5, 0.6) is 11.5 Å². The number of hydrogen-bond donors (Lipinski definition) is 2. The molecule has 1 aliphatic carbocycles. The lowest BCUT2D eigenvalue weighted by Gasteiger charge is -2.39. The summed E-state index contributed by atoms with van der Waals surface area (Å²) in [7, 11) is -3.30. The minimum atomic E-state index is -3.30. The van der Waals surface area contributed by atoms with E-state index in [0.717, 1.165) is 57.3 Å². The van der Waals surface area contributed by atoms with Crippen molar-refractivity contribution in [3.8, 4) is 11.5 Å². The zero-order valence-corrected chi connectivity index (χ0v) is 23.1. The Morgan fingerprint density at radius 1 is 1.00 bits per heavy atom. The van der Waals surface area contributed by atoms with Crippen molar-refractivity contribution >= 4 is 21.7 Å². The molecule has 0 unspecified atom stereocenters. The molecule has 8 nitrogen and oxygen atoms in total. The highest BCUT2D eigenvalue weighted by atomic mass is 32.2. The number of carbonyl (C=O) groups excluding carboxylic acids is 1. The average molecular weight is 541 g/mol. The maximum Gasteiger partial charge on any atom is 0.318 e. The molecule has 2 N–H and O–H groups in total. The summed E-state index contributed by atoms with van der Waals surface area (Å²) in [6.07, 6.45) is 10.7. The van der Waals surface area contributed by atoms with E-state index in [4.69, 9.17) is 4.74 Å². The van der Waals surface area contributed by atoms with Crippen LogP contribution in [0.25, 0.3) is 0 Å². The Morgan fingerprint density at radius 2 is 1.61 bits per heavy atom. The van der Waals surface area contributed by atoms with Crippen LogP contribution in [0.2, 0.25) is 0 Å². The number of rotatable bonds is 10. The molecule has 1 saturated heterocycles. The smallest absolute Gasteiger partial charge is 0.318 e. The third kappa shape index (κ3) is 8.49. The topological polar surface area (TPSA) is 91.0 Å². The van der Waals surface area contributed by atoms with Gasteiger partial charge < -0.3 is 15.0 Å². The predicted octanol–water partition coefficient (Wildman–Crippen LogP) is 5.35. The Bertz CT molecular complexity index is 1150. The summed E-state index contributed by atoms with van der Waals surface area (Å²) in [6, 6.07) is 15.5. The van der Waals surface area contributed by atoms with Gasteiger partial charge in [-0.05, 0) is 67.6 Å². The Kier molecular flexibility index (Phi) is 9.69. The molecule has 2 aromatic carbocycles. The van der Waals surface area contributed by atoms with Crippen LogP contribution in [0.15, 0.2) is 61.2 Å². The summed E-state index contributed by atoms with van der Waals surface area (Å²) < 4.78 is 31.0. The Balaban J connectivity index is 1.24. The monoisotopic (exact) mass is 540 g/mol. The molecule has 2 aromatic rings. The summed E-state index contributed by atoms with van der Waals surface area (Å²) in [5.74, 6) is 1.36. The molecule has 0 atom stereocenters. The summed E-state index contributed by atoms with van der Waals surface area (Å²) in [4.78, 5) is 17.4. The largest absolute Gasteiger partial charge is 0.457 e. The maximum atomic E-state index is 13.0. The molecule has 2 amide bonds. The van der Waals surface area contributed by atoms with Crippen molar-refractivity contribution in [1.29, 1.82) is 0 Å². The number of nitrogens with one attached hydrogen (secondary N) is 2. The minimum Gasteiger partial charge on any atom is -0.457 e. The van der Waals surface area contributed by atoms with Crippen LogP contribution in [0.1, 0.15) is 50.5 Å². The van der Waals surface area contributed by atoms with Crippen molar-refractivity contribution in [2.45, 2.75) is 63.6 Å². The van der Waals surface area contributed by atoms with E-state index in [1.165, 1.54) is 24.8 Å². The average Bonchev–Trinajstić information content (AvgIpc) is 2.90. The van der Waals surface area contributed by atoms with Crippen LogP contribution in [0.4, 0.5) is 10.5 Å². The fraction of sp³-hybridized carbons (Fsp3) is 0.483. The number of benzene rings is 2. The SMILES string of the molecule is C=CCN(C(=O)NC1CCCCC1)C1CCN(Cc2ccc(Oc3ccc(NS(C)(=O)=O)cc3)cc2)CC1. The number of carbonyl (C=O) groups is 1. The van der Waals surface area contributed by atoms with E-state index in [0.29, 0.717) is 24.0 Å². The first-order valence-electron chi connectivity index (χ1n) is 13.5. The lowest BCUT2D eigenvalue weighted by molar-refractivity contribution is 0.121. The van der Waals surface area contributed by atoms with Crippen molar-refractivity contribution in [3.63, 3.8) is 0 Å². The molecular weight excluding hydrogens is 500 g/mol. The first-order chi connectivity index (χ1) is 18.3. The second-order valence-corrected chi connectivity index (χ2v) is 12.1. The zero-order chi connectivity index (χ0) is 27.0. The van der Waals surface area contributed by atoms with Crippen LogP contribution < -0.4 is 14.8 Å². The molecule has 38 heavy (non-hydrogen) atoms. The number of nitrogens with zero attached hydrogens (tertiary/aromatic N) is 2. The van der Waals surface area contributed by atoms with Crippen molar-refractivity contribution in [3.05, 3.63) is 66.7 Å². The number of piperidine rings is 1. The van der Waals surface area contributed by atoms with Gasteiger partial charge in [0.1, 0.15) is 11.5 Å². The van der Waals surface area contributed by atoms with Crippen LogP contribution in [-0.2, 0) is 16.6 Å². The van der Waals surface area contributed by atoms with Crippen LogP contribution in [0.3, 0.4) is 0 Å². The lowest BCUT2D eigenvalue weighted by Crippen LogP contribution is -2.52. The fourth-order valence-corrected chi connectivity index (χ4v) is 5.86. The van der Waals surface area contributed by atoms with Gasteiger partial charge in [0.25, 0.3) is 0 Å². The van der Waals surface area contributed by atoms with E-state index in [1.807, 2.05) is 23.1 Å². The molecule has 1 heterocycles. The van der Waals surface area contributed by atoms with Gasteiger partial charge >= 0.3 is 6.03 Å². The molecule has 4 rings (SSSR count). The molecule has 0 aromatic heterocycles. The Morgan fingerprint density at radius 3 is 2.18 bits per heavy atom. The van der Waals surface area contributed by atoms with Gasteiger partial charge in [-0.25, -0.2) is 13.2 Å². The van der Waals surface area contributed by atoms with Crippen molar-refractivity contribution < 1.29 is 17.9 Å². The highest BCUT2D eigenvalue weighted by Crippen LogP contribution is 2.25. The highest BCUT2D eigenvalue weighted by Gasteiger charge is 2.28. The predicted molar refractivity (Wildman–Crippen MR) is 152 cm³/mol. The van der Waals surface area contributed by atoms with E-state index in [-0.39, 0.29) is 12.1 Å². The molecule has 0 radical (unpaired) electrons. The van der Waals surface area contributed by atoms with Crippen molar-refractivity contribution in [2.75, 3.05) is 30.6 Å². The van der Waals surface area contributed by atoms with E-state index >= 15 is 0 Å². The van der Waals surface area contributed by atoms with Gasteiger partial charge in [0.2, 0.25) is 10.0 Å². The third-order valence-electron chi connectivity index (χ3n) is 7.24. The molecular formula is C29H40N4O4S.